The second kappa shape index (κ2) is 8.36. The lowest BCUT2D eigenvalue weighted by molar-refractivity contribution is 0.337. The van der Waals surface area contributed by atoms with Crippen LogP contribution in [0, 0.1) is 0 Å². The fraction of sp³-hybridized carbons (Fsp3) is 0.308. The molecule has 1 aliphatic rings. The molecule has 34 heavy (non-hydrogen) atoms. The maximum Gasteiger partial charge on any atom is 0.265 e. The van der Waals surface area contributed by atoms with Crippen molar-refractivity contribution in [2.45, 2.75) is 51.5 Å². The van der Waals surface area contributed by atoms with Crippen molar-refractivity contribution in [2.24, 2.45) is 0 Å². The number of halogens is 2. The fourth-order valence-corrected chi connectivity index (χ4v) is 5.48. The maximum atomic E-state index is 14.1. The van der Waals surface area contributed by atoms with Crippen molar-refractivity contribution in [2.75, 3.05) is 0 Å². The third-order valence-corrected chi connectivity index (χ3v) is 7.54. The Morgan fingerprint density at radius 1 is 0.912 bits per heavy atom. The first kappa shape index (κ1) is 21.6. The van der Waals surface area contributed by atoms with E-state index in [0.717, 1.165) is 48.2 Å². The topological polar surface area (TPSA) is 65.6 Å². The van der Waals surface area contributed by atoms with Gasteiger partial charge >= 0.3 is 0 Å². The Kier molecular flexibility index (Phi) is 5.30. The summed E-state index contributed by atoms with van der Waals surface area (Å²) in [6, 6.07) is 13.2. The Morgan fingerprint density at radius 3 is 2.35 bits per heavy atom. The molecule has 0 aliphatic heterocycles. The minimum absolute atomic E-state index is 0.0397. The second-order valence-corrected chi connectivity index (χ2v) is 9.68. The molecule has 8 heteroatoms. The molecule has 0 spiro atoms. The molecule has 6 rings (SSSR count). The molecule has 3 heterocycles. The molecule has 0 radical (unpaired) electrons. The Hall–Kier alpha value is -2.96. The van der Waals surface area contributed by atoms with Gasteiger partial charge in [0.25, 0.3) is 5.56 Å². The highest BCUT2D eigenvalue weighted by Crippen LogP contribution is 2.33. The Balaban J connectivity index is 1.77. The maximum absolute atomic E-state index is 14.1. The Labute approximate surface area is 206 Å². The van der Waals surface area contributed by atoms with E-state index in [2.05, 4.69) is 0 Å². The van der Waals surface area contributed by atoms with Crippen LogP contribution in [0.3, 0.4) is 0 Å². The highest BCUT2D eigenvalue weighted by Gasteiger charge is 2.26. The van der Waals surface area contributed by atoms with E-state index in [1.54, 1.807) is 12.1 Å². The van der Waals surface area contributed by atoms with Crippen molar-refractivity contribution >= 4 is 56.4 Å². The van der Waals surface area contributed by atoms with Gasteiger partial charge in [-0.25, -0.2) is 15.0 Å². The summed E-state index contributed by atoms with van der Waals surface area (Å²) >= 11 is 12.6. The van der Waals surface area contributed by atoms with Crippen LogP contribution in [0.5, 0.6) is 0 Å². The zero-order valence-electron chi connectivity index (χ0n) is 18.8. The third kappa shape index (κ3) is 3.31. The summed E-state index contributed by atoms with van der Waals surface area (Å²) in [7, 11) is 0. The van der Waals surface area contributed by atoms with E-state index >= 15 is 0 Å². The summed E-state index contributed by atoms with van der Waals surface area (Å²) in [4.78, 5) is 29.0. The number of hydrogen-bond acceptors (Lipinski definition) is 4. The minimum atomic E-state index is -0.0397. The number of para-hydroxylation sites is 2. The molecular formula is C26H23Cl2N5O. The fourth-order valence-electron chi connectivity index (χ4n) is 5.18. The number of aromatic nitrogens is 5. The zero-order chi connectivity index (χ0) is 23.4. The van der Waals surface area contributed by atoms with Crippen molar-refractivity contribution in [3.63, 3.8) is 0 Å². The van der Waals surface area contributed by atoms with Crippen molar-refractivity contribution < 1.29 is 0 Å². The second-order valence-electron chi connectivity index (χ2n) is 8.87. The molecule has 3 aromatic heterocycles. The van der Waals surface area contributed by atoms with E-state index in [1.165, 1.54) is 6.42 Å². The van der Waals surface area contributed by atoms with Crippen LogP contribution in [0.15, 0.2) is 47.3 Å². The molecular weight excluding hydrogens is 469 g/mol. The van der Waals surface area contributed by atoms with E-state index in [9.17, 15) is 4.79 Å². The first-order valence-corrected chi connectivity index (χ1v) is 12.5. The monoisotopic (exact) mass is 491 g/mol. The zero-order valence-corrected chi connectivity index (χ0v) is 20.3. The molecule has 0 amide bonds. The summed E-state index contributed by atoms with van der Waals surface area (Å²) in [5.74, 6) is 0.790. The Bertz CT molecular complexity index is 1630. The highest BCUT2D eigenvalue weighted by molar-refractivity contribution is 6.42. The quantitative estimate of drug-likeness (QED) is 0.283. The molecule has 1 aliphatic carbocycles. The molecule has 172 valence electrons. The lowest BCUT2D eigenvalue weighted by atomic mass is 9.95. The minimum Gasteiger partial charge on any atom is -0.293 e. The van der Waals surface area contributed by atoms with Crippen molar-refractivity contribution in [1.82, 2.24) is 24.1 Å². The van der Waals surface area contributed by atoms with Crippen molar-refractivity contribution in [3.8, 4) is 5.69 Å². The molecule has 5 aromatic rings. The van der Waals surface area contributed by atoms with E-state index in [1.807, 2.05) is 46.4 Å². The summed E-state index contributed by atoms with van der Waals surface area (Å²) in [5.41, 5.74) is 3.89. The van der Waals surface area contributed by atoms with Crippen LogP contribution in [0.1, 0.15) is 50.9 Å². The third-order valence-electron chi connectivity index (χ3n) is 6.80. The molecule has 6 nitrogen and oxygen atoms in total. The van der Waals surface area contributed by atoms with E-state index in [4.69, 9.17) is 38.2 Å². The number of nitrogens with zero attached hydrogens (tertiary/aromatic N) is 5. The predicted octanol–water partition coefficient (Wildman–Crippen LogP) is 6.66. The largest absolute Gasteiger partial charge is 0.293 e. The average Bonchev–Trinajstić information content (AvgIpc) is 3.17. The lowest BCUT2D eigenvalue weighted by Gasteiger charge is -2.26. The van der Waals surface area contributed by atoms with Gasteiger partial charge in [-0.05, 0) is 43.2 Å². The van der Waals surface area contributed by atoms with Crippen LogP contribution >= 0.6 is 23.2 Å². The highest BCUT2D eigenvalue weighted by atomic mass is 35.5. The van der Waals surface area contributed by atoms with Crippen LogP contribution in [-0.4, -0.2) is 24.1 Å². The SMILES string of the molecule is CCc1nc2c(c(=O)n1C1CCCCC1)c1nc3ccccc3nc1n2-c1ccc(Cl)c(Cl)c1. The van der Waals surface area contributed by atoms with Gasteiger partial charge in [0.15, 0.2) is 11.3 Å². The first-order chi connectivity index (χ1) is 16.6. The van der Waals surface area contributed by atoms with Crippen molar-refractivity contribution in [1.29, 1.82) is 0 Å². The molecule has 1 saturated carbocycles. The first-order valence-electron chi connectivity index (χ1n) is 11.7. The lowest BCUT2D eigenvalue weighted by Crippen LogP contribution is -2.30. The molecule has 2 aromatic carbocycles. The van der Waals surface area contributed by atoms with Gasteiger partial charge in [0.1, 0.15) is 16.7 Å². The van der Waals surface area contributed by atoms with Gasteiger partial charge < -0.3 is 0 Å². The molecule has 0 unspecified atom stereocenters. The summed E-state index contributed by atoms with van der Waals surface area (Å²) in [6.07, 6.45) is 6.14. The van der Waals surface area contributed by atoms with Crippen LogP contribution in [0.25, 0.3) is 38.9 Å². The number of hydrogen-bond donors (Lipinski definition) is 0. The van der Waals surface area contributed by atoms with Gasteiger partial charge in [-0.3, -0.25) is 13.9 Å². The molecule has 0 bridgehead atoms. The average molecular weight is 492 g/mol. The number of rotatable bonds is 3. The van der Waals surface area contributed by atoms with Gasteiger partial charge in [0.05, 0.1) is 26.8 Å². The molecule has 0 N–H and O–H groups in total. The number of fused-ring (bicyclic) bond motifs is 4. The summed E-state index contributed by atoms with van der Waals surface area (Å²) < 4.78 is 3.81. The van der Waals surface area contributed by atoms with Crippen LogP contribution in [0.4, 0.5) is 0 Å². The predicted molar refractivity (Wildman–Crippen MR) is 137 cm³/mol. The van der Waals surface area contributed by atoms with Gasteiger partial charge in [-0.15, -0.1) is 0 Å². The van der Waals surface area contributed by atoms with Gasteiger partial charge in [-0.2, -0.15) is 0 Å². The van der Waals surface area contributed by atoms with E-state index < -0.39 is 0 Å². The van der Waals surface area contributed by atoms with E-state index in [-0.39, 0.29) is 11.6 Å². The standard InChI is InChI=1S/C26H23Cl2N5O/c1-2-21-31-24-22(26(34)32(21)15-8-4-3-5-9-15)23-25(30-20-11-7-6-10-19(20)29-23)33(24)16-12-13-17(27)18(28)14-16/h6-7,10-15H,2-5,8-9H2,1H3. The van der Waals surface area contributed by atoms with Crippen molar-refractivity contribution in [3.05, 3.63) is 68.7 Å². The van der Waals surface area contributed by atoms with Crippen LogP contribution in [0.2, 0.25) is 10.0 Å². The summed E-state index contributed by atoms with van der Waals surface area (Å²) in [6.45, 7) is 2.05. The van der Waals surface area contributed by atoms with Gasteiger partial charge in [0.2, 0.25) is 0 Å². The Morgan fingerprint density at radius 2 is 1.65 bits per heavy atom. The van der Waals surface area contributed by atoms with E-state index in [0.29, 0.717) is 38.7 Å². The molecule has 0 atom stereocenters. The molecule has 0 saturated heterocycles. The normalized spacial score (nSPS) is 15.0. The smallest absolute Gasteiger partial charge is 0.265 e. The van der Waals surface area contributed by atoms with Crippen LogP contribution < -0.4 is 5.56 Å². The van der Waals surface area contributed by atoms with Gasteiger partial charge in [-0.1, -0.05) is 61.5 Å². The summed E-state index contributed by atoms with van der Waals surface area (Å²) in [5, 5.41) is 1.39. The van der Waals surface area contributed by atoms with Gasteiger partial charge in [0, 0.05) is 12.5 Å². The number of benzene rings is 2. The molecule has 1 fully saturated rings. The number of aryl methyl sites for hydroxylation is 1. The van der Waals surface area contributed by atoms with Crippen LogP contribution in [-0.2, 0) is 6.42 Å².